The van der Waals surface area contributed by atoms with E-state index in [-0.39, 0.29) is 30.1 Å². The van der Waals surface area contributed by atoms with E-state index in [1.807, 2.05) is 90.4 Å². The second-order valence-electron chi connectivity index (χ2n) is 14.5. The minimum atomic E-state index is -1.25. The summed E-state index contributed by atoms with van der Waals surface area (Å²) in [6.45, 7) is 0.618. The molecule has 1 aliphatic rings. The molecule has 2 atom stereocenters. The van der Waals surface area contributed by atoms with Crippen LogP contribution in [0, 0.1) is 17.5 Å². The largest absolute Gasteiger partial charge is 0.374 e. The Labute approximate surface area is 332 Å². The summed E-state index contributed by atoms with van der Waals surface area (Å²) < 4.78 is 48.7. The maximum atomic E-state index is 14.9. The molecule has 8 heteroatoms. The van der Waals surface area contributed by atoms with Gasteiger partial charge < -0.3 is 14.5 Å². The summed E-state index contributed by atoms with van der Waals surface area (Å²) in [5, 5.41) is -0.0796. The zero-order valence-corrected chi connectivity index (χ0v) is 32.2. The molecule has 4 nitrogen and oxygen atoms in total. The van der Waals surface area contributed by atoms with Crippen LogP contribution in [0.15, 0.2) is 164 Å². The molecule has 6 aromatic carbocycles. The number of carbonyl (C=O) groups is 1. The fraction of sp³-hybridized carbons (Fsp3) is 0.229. The molecule has 0 aromatic heterocycles. The number of carbonyl (C=O) groups excluding carboxylic acids is 1. The molecule has 1 saturated heterocycles. The Morgan fingerprint density at radius 3 is 1.73 bits per heavy atom. The Hall–Kier alpha value is -5.31. The number of halogens is 3. The second kappa shape index (κ2) is 17.7. The van der Waals surface area contributed by atoms with Crippen LogP contribution in [0.25, 0.3) is 0 Å². The molecule has 1 fully saturated rings. The van der Waals surface area contributed by atoms with Gasteiger partial charge >= 0.3 is 6.03 Å². The smallest absolute Gasteiger partial charge is 0.320 e. The van der Waals surface area contributed by atoms with Crippen LogP contribution in [-0.2, 0) is 29.1 Å². The second-order valence-corrected chi connectivity index (χ2v) is 16.0. The SMILES string of the molecule is CN(Cc1ccccc1)C(=O)N1C[C@H](SC(c2ccccc2)(c2ccccc2)c2ccccc2)C[C@@]1(CCc1ccccc1)COCc1cc(F)c(F)cc1F. The van der Waals surface area contributed by atoms with Crippen molar-refractivity contribution in [3.8, 4) is 0 Å². The average Bonchev–Trinajstić information content (AvgIpc) is 3.60. The van der Waals surface area contributed by atoms with Crippen LogP contribution in [0.5, 0.6) is 0 Å². The van der Waals surface area contributed by atoms with Gasteiger partial charge in [0, 0.05) is 37.0 Å². The van der Waals surface area contributed by atoms with Crippen molar-refractivity contribution in [3.05, 3.63) is 215 Å². The van der Waals surface area contributed by atoms with Crippen LogP contribution in [0.4, 0.5) is 18.0 Å². The molecule has 56 heavy (non-hydrogen) atoms. The molecular formula is C48H45F3N2O2S. The molecule has 1 aliphatic heterocycles. The number of urea groups is 1. The molecule has 0 aliphatic carbocycles. The van der Waals surface area contributed by atoms with Crippen LogP contribution in [-0.4, -0.2) is 46.8 Å². The predicted molar refractivity (Wildman–Crippen MR) is 219 cm³/mol. The molecule has 0 N–H and O–H groups in total. The number of rotatable bonds is 14. The van der Waals surface area contributed by atoms with Crippen molar-refractivity contribution in [2.45, 2.75) is 47.9 Å². The van der Waals surface area contributed by atoms with E-state index in [9.17, 15) is 18.0 Å². The van der Waals surface area contributed by atoms with Gasteiger partial charge in [0.1, 0.15) is 5.82 Å². The number of hydrogen-bond acceptors (Lipinski definition) is 3. The fourth-order valence-corrected chi connectivity index (χ4v) is 9.89. The van der Waals surface area contributed by atoms with Crippen molar-refractivity contribution >= 4 is 17.8 Å². The highest BCUT2D eigenvalue weighted by atomic mass is 32.2. The Kier molecular flexibility index (Phi) is 12.3. The van der Waals surface area contributed by atoms with E-state index in [4.69, 9.17) is 4.74 Å². The average molecular weight is 771 g/mol. The summed E-state index contributed by atoms with van der Waals surface area (Å²) in [6, 6.07) is 52.7. The number of nitrogens with zero attached hydrogens (tertiary/aromatic N) is 2. The van der Waals surface area contributed by atoms with Crippen molar-refractivity contribution < 1.29 is 22.7 Å². The lowest BCUT2D eigenvalue weighted by atomic mass is 9.84. The molecule has 286 valence electrons. The number of hydrogen-bond donors (Lipinski definition) is 0. The molecule has 0 bridgehead atoms. The third kappa shape index (κ3) is 8.57. The van der Waals surface area contributed by atoms with Crippen molar-refractivity contribution in [2.75, 3.05) is 20.2 Å². The van der Waals surface area contributed by atoms with Gasteiger partial charge in [0.15, 0.2) is 11.6 Å². The quantitative estimate of drug-likeness (QED) is 0.0817. The Bertz CT molecular complexity index is 2080. The minimum absolute atomic E-state index is 0.0647. The minimum Gasteiger partial charge on any atom is -0.374 e. The summed E-state index contributed by atoms with van der Waals surface area (Å²) in [5.41, 5.74) is 4.56. The van der Waals surface area contributed by atoms with E-state index in [0.29, 0.717) is 38.4 Å². The predicted octanol–water partition coefficient (Wildman–Crippen LogP) is 11.0. The summed E-state index contributed by atoms with van der Waals surface area (Å²) in [4.78, 5) is 18.6. The standard InChI is InChI=1S/C48H45F3N2O2S/c1-52(32-37-19-9-3-10-20-37)46(54)53-33-42(56-48(39-21-11-4-12-22-39,40-23-13-5-14-24-40)41-25-15-6-16-26-41)31-47(53,28-27-36-17-7-2-8-18-36)35-55-34-38-29-44(50)45(51)30-43(38)49/h2-26,29-30,42H,27-28,31-35H2,1H3/t42-,47+/m1/s1. The summed E-state index contributed by atoms with van der Waals surface area (Å²) in [5.74, 6) is -3.27. The van der Waals surface area contributed by atoms with Gasteiger partial charge in [-0.1, -0.05) is 152 Å². The first kappa shape index (κ1) is 38.9. The van der Waals surface area contributed by atoms with E-state index in [1.54, 1.807) is 4.90 Å². The number of ether oxygens (including phenoxy) is 1. The molecule has 2 amide bonds. The molecule has 6 aromatic rings. The molecule has 7 rings (SSSR count). The van der Waals surface area contributed by atoms with Crippen molar-refractivity contribution in [3.63, 3.8) is 0 Å². The Morgan fingerprint density at radius 1 is 0.714 bits per heavy atom. The topological polar surface area (TPSA) is 32.8 Å². The molecule has 0 unspecified atom stereocenters. The normalized spacial score (nSPS) is 16.9. The van der Waals surface area contributed by atoms with Gasteiger partial charge in [-0.25, -0.2) is 18.0 Å². The summed E-state index contributed by atoms with van der Waals surface area (Å²) in [7, 11) is 1.82. The van der Waals surface area contributed by atoms with Gasteiger partial charge in [0.05, 0.1) is 23.5 Å². The van der Waals surface area contributed by atoms with Crippen molar-refractivity contribution in [1.29, 1.82) is 0 Å². The van der Waals surface area contributed by atoms with Gasteiger partial charge in [0.2, 0.25) is 0 Å². The lowest BCUT2D eigenvalue weighted by Crippen LogP contribution is -2.54. The zero-order chi connectivity index (χ0) is 39.0. The highest BCUT2D eigenvalue weighted by Gasteiger charge is 2.52. The molecule has 0 spiro atoms. The number of likely N-dealkylation sites (tertiary alicyclic amines) is 1. The van der Waals surface area contributed by atoms with Crippen LogP contribution in [0.3, 0.4) is 0 Å². The first-order chi connectivity index (χ1) is 27.3. The molecular weight excluding hydrogens is 726 g/mol. The van der Waals surface area contributed by atoms with E-state index in [2.05, 4.69) is 84.9 Å². The third-order valence-corrected chi connectivity index (χ3v) is 12.4. The molecule has 1 heterocycles. The van der Waals surface area contributed by atoms with Gasteiger partial charge in [0.25, 0.3) is 0 Å². The maximum Gasteiger partial charge on any atom is 0.320 e. The van der Waals surface area contributed by atoms with E-state index < -0.39 is 27.7 Å². The number of aryl methyl sites for hydroxylation is 1. The van der Waals surface area contributed by atoms with Gasteiger partial charge in [-0.15, -0.1) is 11.8 Å². The third-order valence-electron chi connectivity index (χ3n) is 10.7. The van der Waals surface area contributed by atoms with E-state index in [1.165, 1.54) is 0 Å². The monoisotopic (exact) mass is 770 g/mol. The highest BCUT2D eigenvalue weighted by Crippen LogP contribution is 2.54. The first-order valence-corrected chi connectivity index (χ1v) is 19.8. The number of thioether (sulfide) groups is 1. The maximum absolute atomic E-state index is 14.9. The van der Waals surface area contributed by atoms with Crippen LogP contribution < -0.4 is 0 Å². The van der Waals surface area contributed by atoms with E-state index in [0.717, 1.165) is 33.9 Å². The molecule has 0 saturated carbocycles. The lowest BCUT2D eigenvalue weighted by Gasteiger charge is -2.40. The van der Waals surface area contributed by atoms with Crippen LogP contribution >= 0.6 is 11.8 Å². The Balaban J connectivity index is 1.30. The van der Waals surface area contributed by atoms with Crippen molar-refractivity contribution in [2.24, 2.45) is 0 Å². The summed E-state index contributed by atoms with van der Waals surface area (Å²) in [6.07, 6.45) is 1.80. The van der Waals surface area contributed by atoms with Gasteiger partial charge in [-0.05, 0) is 53.1 Å². The zero-order valence-electron chi connectivity index (χ0n) is 31.4. The van der Waals surface area contributed by atoms with Gasteiger partial charge in [-0.2, -0.15) is 0 Å². The number of amides is 2. The van der Waals surface area contributed by atoms with Crippen LogP contribution in [0.1, 0.15) is 46.2 Å². The lowest BCUT2D eigenvalue weighted by molar-refractivity contribution is 0.0104. The first-order valence-electron chi connectivity index (χ1n) is 18.9. The number of benzene rings is 6. The highest BCUT2D eigenvalue weighted by molar-refractivity contribution is 8.01. The van der Waals surface area contributed by atoms with E-state index >= 15 is 0 Å². The Morgan fingerprint density at radius 2 is 1.20 bits per heavy atom. The van der Waals surface area contributed by atoms with Crippen LogP contribution in [0.2, 0.25) is 0 Å². The molecule has 0 radical (unpaired) electrons. The van der Waals surface area contributed by atoms with Gasteiger partial charge in [-0.3, -0.25) is 0 Å². The van der Waals surface area contributed by atoms with Crippen molar-refractivity contribution in [1.82, 2.24) is 9.80 Å². The fourth-order valence-electron chi connectivity index (χ4n) is 7.95. The summed E-state index contributed by atoms with van der Waals surface area (Å²) >= 11 is 1.84.